The average Bonchev–Trinajstić information content (AvgIpc) is 2.62. The van der Waals surface area contributed by atoms with Gasteiger partial charge in [-0.25, -0.2) is 9.18 Å². The molecule has 2 rings (SSSR count). The minimum absolute atomic E-state index is 0.251. The number of allylic oxidation sites excluding steroid dienone is 1. The summed E-state index contributed by atoms with van der Waals surface area (Å²) < 4.78 is 18.1. The molecule has 0 saturated heterocycles. The molecule has 0 fully saturated rings. The highest BCUT2D eigenvalue weighted by Gasteiger charge is 2.07. The van der Waals surface area contributed by atoms with Gasteiger partial charge in [0.2, 0.25) is 0 Å². The molecule has 0 unspecified atom stereocenters. The van der Waals surface area contributed by atoms with Crippen LogP contribution in [0, 0.1) is 5.82 Å². The first-order valence-corrected chi connectivity index (χ1v) is 8.97. The zero-order valence-corrected chi connectivity index (χ0v) is 15.1. The Hall–Kier alpha value is -2.13. The molecule has 0 amide bonds. The number of carbonyl (C=O) groups is 1. The van der Waals surface area contributed by atoms with Crippen molar-refractivity contribution < 1.29 is 13.9 Å². The van der Waals surface area contributed by atoms with Crippen LogP contribution in [0.2, 0.25) is 0 Å². The molecular formula is C21H22ClFO2. The summed E-state index contributed by atoms with van der Waals surface area (Å²) in [6.45, 7) is 2.14. The summed E-state index contributed by atoms with van der Waals surface area (Å²) in [5.41, 5.74) is 3.87. The van der Waals surface area contributed by atoms with Gasteiger partial charge in [0.25, 0.3) is 0 Å². The molecule has 25 heavy (non-hydrogen) atoms. The van der Waals surface area contributed by atoms with E-state index in [9.17, 15) is 9.18 Å². The predicted octanol–water partition coefficient (Wildman–Crippen LogP) is 5.85. The number of rotatable bonds is 8. The van der Waals surface area contributed by atoms with Gasteiger partial charge >= 0.3 is 5.97 Å². The highest BCUT2D eigenvalue weighted by atomic mass is 35.5. The molecule has 0 spiro atoms. The van der Waals surface area contributed by atoms with Crippen molar-refractivity contribution >= 4 is 23.1 Å². The SMILES string of the molecule is CCOC(=O)/C=C(/CCCCCl)c1ccc(-c2ccc(F)cc2)cc1. The van der Waals surface area contributed by atoms with Crippen LogP contribution in [-0.2, 0) is 9.53 Å². The van der Waals surface area contributed by atoms with Crippen LogP contribution in [0.25, 0.3) is 16.7 Å². The van der Waals surface area contributed by atoms with E-state index in [0.717, 1.165) is 41.5 Å². The molecule has 2 aromatic rings. The normalized spacial score (nSPS) is 11.4. The Morgan fingerprint density at radius 1 is 1.04 bits per heavy atom. The van der Waals surface area contributed by atoms with E-state index in [1.54, 1.807) is 25.1 Å². The third-order valence-electron chi connectivity index (χ3n) is 3.84. The predicted molar refractivity (Wildman–Crippen MR) is 101 cm³/mol. The second-order valence-electron chi connectivity index (χ2n) is 5.65. The van der Waals surface area contributed by atoms with Crippen LogP contribution >= 0.6 is 11.6 Å². The molecular weight excluding hydrogens is 339 g/mol. The number of hydrogen-bond donors (Lipinski definition) is 0. The van der Waals surface area contributed by atoms with Crippen LogP contribution in [0.5, 0.6) is 0 Å². The van der Waals surface area contributed by atoms with Gasteiger partial charge in [-0.3, -0.25) is 0 Å². The van der Waals surface area contributed by atoms with Gasteiger partial charge < -0.3 is 4.74 Å². The van der Waals surface area contributed by atoms with Crippen LogP contribution in [0.1, 0.15) is 31.7 Å². The fourth-order valence-electron chi connectivity index (χ4n) is 2.56. The van der Waals surface area contributed by atoms with Gasteiger partial charge in [-0.15, -0.1) is 11.6 Å². The number of esters is 1. The molecule has 2 nitrogen and oxygen atoms in total. The first-order valence-electron chi connectivity index (χ1n) is 8.43. The Bertz CT molecular complexity index is 706. The van der Waals surface area contributed by atoms with Crippen molar-refractivity contribution in [1.82, 2.24) is 0 Å². The summed E-state index contributed by atoms with van der Waals surface area (Å²) in [7, 11) is 0. The number of carbonyl (C=O) groups excluding carboxylic acids is 1. The van der Waals surface area contributed by atoms with Crippen molar-refractivity contribution in [1.29, 1.82) is 0 Å². The Labute approximate surface area is 153 Å². The molecule has 0 aliphatic rings. The van der Waals surface area contributed by atoms with Gasteiger partial charge in [0, 0.05) is 12.0 Å². The van der Waals surface area contributed by atoms with E-state index in [-0.39, 0.29) is 11.8 Å². The summed E-state index contributed by atoms with van der Waals surface area (Å²) >= 11 is 5.75. The average molecular weight is 361 g/mol. The molecule has 0 atom stereocenters. The summed E-state index contributed by atoms with van der Waals surface area (Å²) in [5, 5.41) is 0. The largest absolute Gasteiger partial charge is 0.463 e. The lowest BCUT2D eigenvalue weighted by Crippen LogP contribution is -2.01. The molecule has 132 valence electrons. The van der Waals surface area contributed by atoms with E-state index in [2.05, 4.69) is 0 Å². The first kappa shape index (κ1) is 19.2. The monoisotopic (exact) mass is 360 g/mol. The molecule has 2 aromatic carbocycles. The third kappa shape index (κ3) is 6.02. The quantitative estimate of drug-likeness (QED) is 0.255. The fraction of sp³-hybridized carbons (Fsp3) is 0.286. The second-order valence-corrected chi connectivity index (χ2v) is 6.03. The van der Waals surface area contributed by atoms with Crippen LogP contribution in [0.4, 0.5) is 4.39 Å². The lowest BCUT2D eigenvalue weighted by atomic mass is 9.97. The van der Waals surface area contributed by atoms with Gasteiger partial charge in [-0.05, 0) is 60.6 Å². The maximum atomic E-state index is 13.0. The summed E-state index contributed by atoms with van der Waals surface area (Å²) in [4.78, 5) is 11.8. The molecule has 4 heteroatoms. The summed E-state index contributed by atoms with van der Waals surface area (Å²) in [6.07, 6.45) is 4.13. The maximum Gasteiger partial charge on any atom is 0.331 e. The highest BCUT2D eigenvalue weighted by Crippen LogP contribution is 2.25. The maximum absolute atomic E-state index is 13.0. The topological polar surface area (TPSA) is 26.3 Å². The minimum Gasteiger partial charge on any atom is -0.463 e. The lowest BCUT2D eigenvalue weighted by molar-refractivity contribution is -0.137. The standard InChI is InChI=1S/C21H22ClFO2/c1-2-25-21(24)15-19(5-3-4-14-22)18-8-6-16(7-9-18)17-10-12-20(23)13-11-17/h6-13,15H,2-5,14H2,1H3/b19-15-. The van der Waals surface area contributed by atoms with E-state index >= 15 is 0 Å². The van der Waals surface area contributed by atoms with Gasteiger partial charge in [0.05, 0.1) is 6.61 Å². The van der Waals surface area contributed by atoms with Crippen LogP contribution in [0.15, 0.2) is 54.6 Å². The van der Waals surface area contributed by atoms with E-state index in [4.69, 9.17) is 16.3 Å². The van der Waals surface area contributed by atoms with Crippen molar-refractivity contribution in [2.75, 3.05) is 12.5 Å². The fourth-order valence-corrected chi connectivity index (χ4v) is 2.74. The van der Waals surface area contributed by atoms with E-state index < -0.39 is 0 Å². The Kier molecular flexibility index (Phi) is 7.68. The smallest absolute Gasteiger partial charge is 0.331 e. The van der Waals surface area contributed by atoms with E-state index in [1.807, 2.05) is 24.3 Å². The van der Waals surface area contributed by atoms with Gasteiger partial charge in [-0.1, -0.05) is 36.4 Å². The highest BCUT2D eigenvalue weighted by molar-refractivity contribution is 6.17. The van der Waals surface area contributed by atoms with Crippen molar-refractivity contribution in [3.05, 3.63) is 66.0 Å². The number of ether oxygens (including phenoxy) is 1. The molecule has 0 bridgehead atoms. The third-order valence-corrected chi connectivity index (χ3v) is 4.11. The first-order chi connectivity index (χ1) is 12.1. The van der Waals surface area contributed by atoms with Gasteiger partial charge in [0.1, 0.15) is 5.82 Å². The van der Waals surface area contributed by atoms with Crippen molar-refractivity contribution in [3.8, 4) is 11.1 Å². The molecule has 0 N–H and O–H groups in total. The van der Waals surface area contributed by atoms with E-state index in [1.165, 1.54) is 12.1 Å². The van der Waals surface area contributed by atoms with Crippen LogP contribution in [-0.4, -0.2) is 18.5 Å². The summed E-state index contributed by atoms with van der Waals surface area (Å²) in [5.74, 6) is 0.0289. The number of benzene rings is 2. The molecule has 0 radical (unpaired) electrons. The van der Waals surface area contributed by atoms with Crippen LogP contribution in [0.3, 0.4) is 0 Å². The molecule has 0 saturated carbocycles. The zero-order valence-electron chi connectivity index (χ0n) is 14.3. The summed E-state index contributed by atoms with van der Waals surface area (Å²) in [6, 6.07) is 14.3. The molecule has 0 aliphatic carbocycles. The van der Waals surface area contributed by atoms with Crippen molar-refractivity contribution in [2.24, 2.45) is 0 Å². The minimum atomic E-state index is -0.328. The molecule has 0 heterocycles. The van der Waals surface area contributed by atoms with Crippen molar-refractivity contribution in [2.45, 2.75) is 26.2 Å². The van der Waals surface area contributed by atoms with Crippen molar-refractivity contribution in [3.63, 3.8) is 0 Å². The Balaban J connectivity index is 2.21. The van der Waals surface area contributed by atoms with E-state index in [0.29, 0.717) is 12.5 Å². The zero-order chi connectivity index (χ0) is 18.1. The Morgan fingerprint density at radius 2 is 1.64 bits per heavy atom. The van der Waals surface area contributed by atoms with Crippen LogP contribution < -0.4 is 0 Å². The molecule has 0 aromatic heterocycles. The number of hydrogen-bond acceptors (Lipinski definition) is 2. The number of halogens is 2. The number of alkyl halides is 1. The molecule has 0 aliphatic heterocycles. The Morgan fingerprint density at radius 3 is 2.20 bits per heavy atom. The second kappa shape index (κ2) is 10.00. The van der Waals surface area contributed by atoms with Gasteiger partial charge in [-0.2, -0.15) is 0 Å². The van der Waals surface area contributed by atoms with Gasteiger partial charge in [0.15, 0.2) is 0 Å². The lowest BCUT2D eigenvalue weighted by Gasteiger charge is -2.09. The number of unbranched alkanes of at least 4 members (excludes halogenated alkanes) is 1.